The highest BCUT2D eigenvalue weighted by Gasteiger charge is 2.32. The normalized spacial score (nSPS) is 30.0. The molecule has 2 fully saturated rings. The molecule has 0 aromatic heterocycles. The summed E-state index contributed by atoms with van der Waals surface area (Å²) in [5.74, 6) is 0.904. The van der Waals surface area contributed by atoms with E-state index >= 15 is 0 Å². The van der Waals surface area contributed by atoms with Crippen molar-refractivity contribution in [2.75, 3.05) is 13.1 Å². The lowest BCUT2D eigenvalue weighted by Gasteiger charge is -2.44. The minimum Gasteiger partial charge on any atom is -0.390 e. The monoisotopic (exact) mass is 183 g/mol. The van der Waals surface area contributed by atoms with Crippen LogP contribution in [0, 0.1) is 5.92 Å². The van der Waals surface area contributed by atoms with Crippen LogP contribution in [0.25, 0.3) is 0 Å². The highest BCUT2D eigenvalue weighted by Crippen LogP contribution is 2.30. The Balaban J connectivity index is 1.78. The van der Waals surface area contributed by atoms with E-state index in [1.807, 2.05) is 0 Å². The molecule has 1 aliphatic heterocycles. The lowest BCUT2D eigenvalue weighted by atomic mass is 9.83. The zero-order valence-electron chi connectivity index (χ0n) is 8.58. The average molecular weight is 183 g/mol. The van der Waals surface area contributed by atoms with Crippen LogP contribution in [0.2, 0.25) is 0 Å². The number of nitrogens with zero attached hydrogens (tertiary/aromatic N) is 1. The Morgan fingerprint density at radius 1 is 1.15 bits per heavy atom. The van der Waals surface area contributed by atoms with Gasteiger partial charge in [-0.3, -0.25) is 4.90 Å². The summed E-state index contributed by atoms with van der Waals surface area (Å²) in [6, 6.07) is 0.712. The van der Waals surface area contributed by atoms with E-state index in [0.29, 0.717) is 6.04 Å². The van der Waals surface area contributed by atoms with Crippen LogP contribution in [0.15, 0.2) is 0 Å². The van der Waals surface area contributed by atoms with Crippen LogP contribution in [0.1, 0.15) is 39.0 Å². The van der Waals surface area contributed by atoms with Crippen molar-refractivity contribution in [2.45, 2.75) is 51.2 Å². The van der Waals surface area contributed by atoms with E-state index in [2.05, 4.69) is 11.8 Å². The van der Waals surface area contributed by atoms with Crippen LogP contribution in [-0.2, 0) is 0 Å². The molecule has 2 nitrogen and oxygen atoms in total. The molecule has 1 saturated heterocycles. The molecule has 0 aromatic rings. The first kappa shape index (κ1) is 9.47. The predicted molar refractivity (Wildman–Crippen MR) is 53.6 cm³/mol. The van der Waals surface area contributed by atoms with Crippen LogP contribution in [0.3, 0.4) is 0 Å². The second-order valence-corrected chi connectivity index (χ2v) is 4.75. The van der Waals surface area contributed by atoms with E-state index in [9.17, 15) is 5.11 Å². The Labute approximate surface area is 80.9 Å². The fourth-order valence-electron chi connectivity index (χ4n) is 2.74. The molecule has 0 spiro atoms. The number of aliphatic hydroxyl groups excluding tert-OH is 1. The second kappa shape index (κ2) is 3.97. The molecular weight excluding hydrogens is 162 g/mol. The summed E-state index contributed by atoms with van der Waals surface area (Å²) in [7, 11) is 0. The molecule has 76 valence electrons. The Morgan fingerprint density at radius 3 is 2.31 bits per heavy atom. The van der Waals surface area contributed by atoms with Gasteiger partial charge >= 0.3 is 0 Å². The van der Waals surface area contributed by atoms with Crippen molar-refractivity contribution in [1.82, 2.24) is 4.90 Å². The standard InChI is InChI=1S/C11H21NO/c1-9(12-7-11(13)8-12)10-5-3-2-4-6-10/h9-11,13H,2-8H2,1H3. The molecule has 0 amide bonds. The van der Waals surface area contributed by atoms with Crippen molar-refractivity contribution in [3.8, 4) is 0 Å². The van der Waals surface area contributed by atoms with E-state index in [0.717, 1.165) is 19.0 Å². The zero-order valence-corrected chi connectivity index (χ0v) is 8.58. The molecule has 0 aromatic carbocycles. The number of aliphatic hydroxyl groups is 1. The van der Waals surface area contributed by atoms with Gasteiger partial charge in [0.2, 0.25) is 0 Å². The molecule has 2 aliphatic rings. The molecule has 0 radical (unpaired) electrons. The first-order valence-electron chi connectivity index (χ1n) is 5.69. The van der Waals surface area contributed by atoms with Gasteiger partial charge in [-0.05, 0) is 25.7 Å². The molecular formula is C11H21NO. The van der Waals surface area contributed by atoms with E-state index in [-0.39, 0.29) is 6.10 Å². The van der Waals surface area contributed by atoms with Gasteiger partial charge < -0.3 is 5.11 Å². The Morgan fingerprint density at radius 2 is 1.77 bits per heavy atom. The molecule has 1 N–H and O–H groups in total. The maximum Gasteiger partial charge on any atom is 0.0794 e. The van der Waals surface area contributed by atoms with Gasteiger partial charge in [-0.25, -0.2) is 0 Å². The SMILES string of the molecule is CC(C1CCCCC1)N1CC(O)C1. The third-order valence-electron chi connectivity index (χ3n) is 3.80. The summed E-state index contributed by atoms with van der Waals surface area (Å²) in [5, 5.41) is 9.22. The molecule has 0 bridgehead atoms. The largest absolute Gasteiger partial charge is 0.390 e. The Hall–Kier alpha value is -0.0800. The van der Waals surface area contributed by atoms with Gasteiger partial charge in [0, 0.05) is 19.1 Å². The van der Waals surface area contributed by atoms with E-state index < -0.39 is 0 Å². The maximum atomic E-state index is 9.22. The van der Waals surface area contributed by atoms with Crippen molar-refractivity contribution < 1.29 is 5.11 Å². The first-order valence-corrected chi connectivity index (χ1v) is 5.69. The quantitative estimate of drug-likeness (QED) is 0.703. The lowest BCUT2D eigenvalue weighted by molar-refractivity contribution is -0.0386. The predicted octanol–water partition coefficient (Wildman–Crippen LogP) is 1.63. The summed E-state index contributed by atoms with van der Waals surface area (Å²) in [5.41, 5.74) is 0. The molecule has 1 heterocycles. The number of rotatable bonds is 2. The van der Waals surface area contributed by atoms with Crippen molar-refractivity contribution in [2.24, 2.45) is 5.92 Å². The zero-order chi connectivity index (χ0) is 9.26. The van der Waals surface area contributed by atoms with E-state index in [1.165, 1.54) is 32.1 Å². The maximum absolute atomic E-state index is 9.22. The van der Waals surface area contributed by atoms with E-state index in [4.69, 9.17) is 0 Å². The minimum atomic E-state index is -0.0361. The number of hydrogen-bond acceptors (Lipinski definition) is 2. The third-order valence-corrected chi connectivity index (χ3v) is 3.80. The summed E-state index contributed by atoms with van der Waals surface area (Å²) in [6.45, 7) is 4.16. The molecule has 1 unspecified atom stereocenters. The van der Waals surface area contributed by atoms with Crippen LogP contribution in [0.5, 0.6) is 0 Å². The molecule has 2 rings (SSSR count). The van der Waals surface area contributed by atoms with Gasteiger partial charge in [0.25, 0.3) is 0 Å². The molecule has 1 atom stereocenters. The van der Waals surface area contributed by atoms with Gasteiger partial charge in [0.15, 0.2) is 0 Å². The van der Waals surface area contributed by atoms with Crippen LogP contribution >= 0.6 is 0 Å². The van der Waals surface area contributed by atoms with Gasteiger partial charge in [0.05, 0.1) is 6.10 Å². The minimum absolute atomic E-state index is 0.0361. The second-order valence-electron chi connectivity index (χ2n) is 4.75. The van der Waals surface area contributed by atoms with Crippen LogP contribution in [0.4, 0.5) is 0 Å². The van der Waals surface area contributed by atoms with Crippen molar-refractivity contribution in [1.29, 1.82) is 0 Å². The third kappa shape index (κ3) is 2.05. The van der Waals surface area contributed by atoms with Crippen LogP contribution in [-0.4, -0.2) is 35.2 Å². The topological polar surface area (TPSA) is 23.5 Å². The number of hydrogen-bond donors (Lipinski definition) is 1. The highest BCUT2D eigenvalue weighted by molar-refractivity contribution is 4.87. The van der Waals surface area contributed by atoms with Crippen molar-refractivity contribution >= 4 is 0 Å². The van der Waals surface area contributed by atoms with Gasteiger partial charge in [-0.1, -0.05) is 19.3 Å². The van der Waals surface area contributed by atoms with Crippen LogP contribution < -0.4 is 0 Å². The fourth-order valence-corrected chi connectivity index (χ4v) is 2.74. The van der Waals surface area contributed by atoms with E-state index in [1.54, 1.807) is 0 Å². The van der Waals surface area contributed by atoms with Crippen molar-refractivity contribution in [3.05, 3.63) is 0 Å². The molecule has 2 heteroatoms. The summed E-state index contributed by atoms with van der Waals surface area (Å²) in [4.78, 5) is 2.43. The fraction of sp³-hybridized carbons (Fsp3) is 1.00. The lowest BCUT2D eigenvalue weighted by Crippen LogP contribution is -2.56. The number of likely N-dealkylation sites (tertiary alicyclic amines) is 1. The Kier molecular flexibility index (Phi) is 2.89. The van der Waals surface area contributed by atoms with Gasteiger partial charge in [-0.2, -0.15) is 0 Å². The highest BCUT2D eigenvalue weighted by atomic mass is 16.3. The van der Waals surface area contributed by atoms with Gasteiger partial charge in [-0.15, -0.1) is 0 Å². The average Bonchev–Trinajstić information content (AvgIpc) is 2.13. The Bertz CT molecular complexity index is 159. The smallest absolute Gasteiger partial charge is 0.0794 e. The molecule has 1 saturated carbocycles. The molecule has 1 aliphatic carbocycles. The van der Waals surface area contributed by atoms with Crippen molar-refractivity contribution in [3.63, 3.8) is 0 Å². The number of β-amino-alcohol motifs (C(OH)–C–C–N with tert-alkyl or cyclic N) is 1. The summed E-state index contributed by atoms with van der Waals surface area (Å²) >= 11 is 0. The molecule has 13 heavy (non-hydrogen) atoms. The summed E-state index contributed by atoms with van der Waals surface area (Å²) < 4.78 is 0. The summed E-state index contributed by atoms with van der Waals surface area (Å²) in [6.07, 6.45) is 7.07. The first-order chi connectivity index (χ1) is 6.27. The van der Waals surface area contributed by atoms with Gasteiger partial charge in [0.1, 0.15) is 0 Å².